The van der Waals surface area contributed by atoms with Crippen molar-refractivity contribution in [1.29, 1.82) is 0 Å². The van der Waals surface area contributed by atoms with Gasteiger partial charge in [-0.15, -0.1) is 16.4 Å². The van der Waals surface area contributed by atoms with E-state index >= 15 is 0 Å². The topological polar surface area (TPSA) is 43.1 Å². The van der Waals surface area contributed by atoms with E-state index in [1.165, 1.54) is 40.7 Å². The summed E-state index contributed by atoms with van der Waals surface area (Å²) < 4.78 is 1.91. The van der Waals surface area contributed by atoms with Gasteiger partial charge in [0.1, 0.15) is 11.2 Å². The van der Waals surface area contributed by atoms with Crippen LogP contribution in [0.5, 0.6) is 0 Å². The lowest BCUT2D eigenvalue weighted by atomic mass is 9.86. The lowest BCUT2D eigenvalue weighted by Crippen LogP contribution is -2.11. The number of benzene rings is 1. The summed E-state index contributed by atoms with van der Waals surface area (Å²) >= 11 is 1.87. The molecule has 3 atom stereocenters. The van der Waals surface area contributed by atoms with Crippen molar-refractivity contribution >= 4 is 27.2 Å². The quantitative estimate of drug-likeness (QED) is 0.499. The van der Waals surface area contributed by atoms with Crippen molar-refractivity contribution in [3.05, 3.63) is 58.5 Å². The third-order valence-electron chi connectivity index (χ3n) is 6.43. The second-order valence-corrected chi connectivity index (χ2v) is 9.13. The van der Waals surface area contributed by atoms with Gasteiger partial charge < -0.3 is 0 Å². The highest BCUT2D eigenvalue weighted by Gasteiger charge is 2.42. The minimum absolute atomic E-state index is 0.446. The van der Waals surface area contributed by atoms with Gasteiger partial charge >= 0.3 is 0 Å². The summed E-state index contributed by atoms with van der Waals surface area (Å²) in [6.07, 6.45) is 7.93. The van der Waals surface area contributed by atoms with Gasteiger partial charge in [-0.3, -0.25) is 0 Å². The largest absolute Gasteiger partial charge is 0.225 e. The molecule has 0 N–H and O–H groups in total. The zero-order valence-electron chi connectivity index (χ0n) is 15.4. The third-order valence-corrected chi connectivity index (χ3v) is 7.59. The number of nitrogens with zero attached hydrogens (tertiary/aromatic N) is 4. The van der Waals surface area contributed by atoms with Crippen molar-refractivity contribution in [2.24, 2.45) is 5.92 Å². The summed E-state index contributed by atoms with van der Waals surface area (Å²) in [6.45, 7) is 2.31. The molecular weight excluding hydrogens is 352 g/mol. The first kappa shape index (κ1) is 15.8. The van der Waals surface area contributed by atoms with E-state index in [1.807, 2.05) is 22.2 Å². The first-order chi connectivity index (χ1) is 13.3. The van der Waals surface area contributed by atoms with Gasteiger partial charge in [-0.25, -0.2) is 14.5 Å². The van der Waals surface area contributed by atoms with Gasteiger partial charge in [0.05, 0.1) is 5.39 Å². The fourth-order valence-electron chi connectivity index (χ4n) is 4.71. The van der Waals surface area contributed by atoms with Crippen LogP contribution in [0.1, 0.15) is 59.9 Å². The van der Waals surface area contributed by atoms with Gasteiger partial charge in [0, 0.05) is 10.8 Å². The molecule has 1 saturated carbocycles. The van der Waals surface area contributed by atoms with Crippen LogP contribution in [0.15, 0.2) is 36.7 Å². The van der Waals surface area contributed by atoms with Gasteiger partial charge in [-0.2, -0.15) is 0 Å². The molecule has 4 aromatic rings. The average Bonchev–Trinajstić information content (AvgIpc) is 3.25. The molecule has 0 unspecified atom stereocenters. The van der Waals surface area contributed by atoms with Crippen molar-refractivity contribution in [3.63, 3.8) is 0 Å². The van der Waals surface area contributed by atoms with Crippen LogP contribution in [0.2, 0.25) is 0 Å². The molecule has 136 valence electrons. The molecule has 6 rings (SSSR count). The van der Waals surface area contributed by atoms with Crippen molar-refractivity contribution in [3.8, 4) is 0 Å². The number of aryl methyl sites for hydroxylation is 1. The van der Waals surface area contributed by atoms with Crippen LogP contribution in [-0.2, 0) is 12.8 Å². The van der Waals surface area contributed by atoms with Gasteiger partial charge in [-0.05, 0) is 48.6 Å². The van der Waals surface area contributed by atoms with Crippen LogP contribution in [0.4, 0.5) is 0 Å². The lowest BCUT2D eigenvalue weighted by molar-refractivity contribution is 0.451. The Kier molecular flexibility index (Phi) is 3.42. The molecule has 1 fully saturated rings. The van der Waals surface area contributed by atoms with Crippen molar-refractivity contribution in [2.75, 3.05) is 0 Å². The predicted molar refractivity (Wildman–Crippen MR) is 109 cm³/mol. The first-order valence-corrected chi connectivity index (χ1v) is 10.8. The summed E-state index contributed by atoms with van der Waals surface area (Å²) in [4.78, 5) is 12.4. The molecule has 3 heterocycles. The molecule has 0 aliphatic heterocycles. The van der Waals surface area contributed by atoms with Gasteiger partial charge in [0.2, 0.25) is 0 Å². The zero-order valence-corrected chi connectivity index (χ0v) is 16.2. The molecule has 0 amide bonds. The molecule has 2 aliphatic rings. The van der Waals surface area contributed by atoms with Gasteiger partial charge in [0.15, 0.2) is 11.5 Å². The monoisotopic (exact) mass is 374 g/mol. The minimum Gasteiger partial charge on any atom is -0.225 e. The number of aromatic nitrogens is 4. The summed E-state index contributed by atoms with van der Waals surface area (Å²) in [6, 6.07) is 10.8. The number of hydrogen-bond donors (Lipinski definition) is 0. The van der Waals surface area contributed by atoms with E-state index in [0.29, 0.717) is 11.8 Å². The van der Waals surface area contributed by atoms with E-state index in [4.69, 9.17) is 15.1 Å². The van der Waals surface area contributed by atoms with E-state index < -0.39 is 0 Å². The van der Waals surface area contributed by atoms with E-state index in [0.717, 1.165) is 35.1 Å². The highest BCUT2D eigenvalue weighted by atomic mass is 32.1. The van der Waals surface area contributed by atoms with E-state index in [9.17, 15) is 0 Å². The summed E-state index contributed by atoms with van der Waals surface area (Å²) in [5.41, 5.74) is 3.91. The Hall–Kier alpha value is -2.27. The Morgan fingerprint density at radius 1 is 1.19 bits per heavy atom. The number of rotatable bonds is 3. The zero-order chi connectivity index (χ0) is 18.0. The molecule has 2 aliphatic carbocycles. The molecular formula is C22H22N4S. The van der Waals surface area contributed by atoms with Crippen molar-refractivity contribution in [2.45, 2.75) is 50.9 Å². The molecule has 5 heteroatoms. The maximum absolute atomic E-state index is 5.02. The maximum atomic E-state index is 5.02. The smallest absolute Gasteiger partial charge is 0.167 e. The van der Waals surface area contributed by atoms with Crippen LogP contribution in [-0.4, -0.2) is 19.6 Å². The maximum Gasteiger partial charge on any atom is 0.167 e. The second-order valence-electron chi connectivity index (χ2n) is 8.04. The van der Waals surface area contributed by atoms with E-state index in [-0.39, 0.29) is 0 Å². The average molecular weight is 375 g/mol. The first-order valence-electron chi connectivity index (χ1n) is 10.0. The van der Waals surface area contributed by atoms with E-state index in [2.05, 4.69) is 37.3 Å². The molecule has 27 heavy (non-hydrogen) atoms. The Bertz CT molecular complexity index is 1140. The fourth-order valence-corrected chi connectivity index (χ4v) is 6.01. The molecule has 0 saturated heterocycles. The fraction of sp³-hybridized carbons (Fsp3) is 0.409. The number of fused-ring (bicyclic) bond motifs is 5. The SMILES string of the molecule is CC[C@H]1CCc2c(sc3ncn4nc([C@@H]5C[C@@H]5c5ccccc5)nc4c23)C1. The normalized spacial score (nSPS) is 24.4. The Morgan fingerprint density at radius 3 is 2.93 bits per heavy atom. The number of hydrogen-bond acceptors (Lipinski definition) is 4. The van der Waals surface area contributed by atoms with Gasteiger partial charge in [-0.1, -0.05) is 43.7 Å². The highest BCUT2D eigenvalue weighted by Crippen LogP contribution is 2.53. The molecule has 3 aromatic heterocycles. The summed E-state index contributed by atoms with van der Waals surface area (Å²) in [5.74, 6) is 2.82. The van der Waals surface area contributed by atoms with Crippen LogP contribution >= 0.6 is 11.3 Å². The predicted octanol–water partition coefficient (Wildman–Crippen LogP) is 5.13. The lowest BCUT2D eigenvalue weighted by Gasteiger charge is -2.20. The molecule has 1 aromatic carbocycles. The second kappa shape index (κ2) is 5.86. The molecule has 0 bridgehead atoms. The standard InChI is InChI=1S/C22H22N4S/c1-2-13-8-9-15-18(10-13)27-22-19(15)21-24-20(25-26(21)12-23-22)17-11-16(17)14-6-4-3-5-7-14/h3-7,12-13,16-17H,2,8-11H2,1H3/t13-,16+,17+/m0/s1. The summed E-state index contributed by atoms with van der Waals surface area (Å²) in [7, 11) is 0. The number of thiophene rings is 1. The highest BCUT2D eigenvalue weighted by molar-refractivity contribution is 7.19. The summed E-state index contributed by atoms with van der Waals surface area (Å²) in [5, 5.41) is 6.07. The van der Waals surface area contributed by atoms with Crippen molar-refractivity contribution < 1.29 is 0 Å². The third kappa shape index (κ3) is 2.44. The van der Waals surface area contributed by atoms with Crippen LogP contribution in [0, 0.1) is 5.92 Å². The van der Waals surface area contributed by atoms with Gasteiger partial charge in [0.25, 0.3) is 0 Å². The molecule has 0 spiro atoms. The Labute approximate surface area is 162 Å². The molecule has 0 radical (unpaired) electrons. The van der Waals surface area contributed by atoms with Crippen LogP contribution in [0.25, 0.3) is 15.9 Å². The molecule has 4 nitrogen and oxygen atoms in total. The Balaban J connectivity index is 1.42. The van der Waals surface area contributed by atoms with E-state index in [1.54, 1.807) is 0 Å². The van der Waals surface area contributed by atoms with Crippen LogP contribution in [0.3, 0.4) is 0 Å². The minimum atomic E-state index is 0.446. The van der Waals surface area contributed by atoms with Crippen LogP contribution < -0.4 is 0 Å². The Morgan fingerprint density at radius 2 is 2.07 bits per heavy atom. The van der Waals surface area contributed by atoms with Crippen molar-refractivity contribution in [1.82, 2.24) is 19.6 Å².